The summed E-state index contributed by atoms with van der Waals surface area (Å²) in [6.07, 6.45) is 1.62. The Balaban J connectivity index is 3.99. The van der Waals surface area contributed by atoms with Crippen molar-refractivity contribution in [1.29, 1.82) is 0 Å². The first-order valence-electron chi connectivity index (χ1n) is 7.34. The van der Waals surface area contributed by atoms with Crippen LogP contribution in [0.3, 0.4) is 0 Å². The molecule has 0 aromatic carbocycles. The van der Waals surface area contributed by atoms with Gasteiger partial charge >= 0.3 is 0 Å². The topological polar surface area (TPSA) is 64.3 Å². The molecule has 0 saturated carbocycles. The Morgan fingerprint density at radius 1 is 1.26 bits per heavy atom. The lowest BCUT2D eigenvalue weighted by Crippen LogP contribution is -2.55. The lowest BCUT2D eigenvalue weighted by atomic mass is 9.88. The number of carbonyl (C=O) groups is 1. The van der Waals surface area contributed by atoms with Crippen LogP contribution in [0.25, 0.3) is 0 Å². The van der Waals surface area contributed by atoms with Crippen LogP contribution in [0.4, 0.5) is 0 Å². The van der Waals surface area contributed by atoms with E-state index in [2.05, 4.69) is 39.9 Å². The molecule has 0 aliphatic heterocycles. The van der Waals surface area contributed by atoms with Crippen molar-refractivity contribution >= 4 is 5.91 Å². The number of amides is 1. The smallest absolute Gasteiger partial charge is 0.222 e. The van der Waals surface area contributed by atoms with E-state index in [-0.39, 0.29) is 17.6 Å². The van der Waals surface area contributed by atoms with E-state index in [1.54, 1.807) is 0 Å². The number of rotatable bonds is 9. The third kappa shape index (κ3) is 7.53. The van der Waals surface area contributed by atoms with Crippen molar-refractivity contribution in [2.45, 2.75) is 66.0 Å². The van der Waals surface area contributed by atoms with E-state index in [1.807, 2.05) is 6.92 Å². The van der Waals surface area contributed by atoms with Gasteiger partial charge in [-0.15, -0.1) is 0 Å². The van der Waals surface area contributed by atoms with Gasteiger partial charge in [0.2, 0.25) is 5.91 Å². The molecule has 0 aliphatic carbocycles. The minimum atomic E-state index is -0.333. The minimum absolute atomic E-state index is 0.0124. The fraction of sp³-hybridized carbons (Fsp3) is 0.933. The number of carbonyl (C=O) groups excluding carboxylic acids is 1. The quantitative estimate of drug-likeness (QED) is 0.677. The first kappa shape index (κ1) is 18.4. The summed E-state index contributed by atoms with van der Waals surface area (Å²) >= 11 is 0. The van der Waals surface area contributed by atoms with Crippen LogP contribution in [0.15, 0.2) is 0 Å². The first-order valence-corrected chi connectivity index (χ1v) is 7.34. The molecule has 1 amide bonds. The molecule has 0 radical (unpaired) electrons. The van der Waals surface area contributed by atoms with Crippen LogP contribution in [-0.4, -0.2) is 30.7 Å². The van der Waals surface area contributed by atoms with Gasteiger partial charge in [-0.05, 0) is 32.1 Å². The normalized spacial score (nSPS) is 16.5. The second-order valence-corrected chi connectivity index (χ2v) is 6.39. The molecule has 0 saturated heterocycles. The fourth-order valence-electron chi connectivity index (χ4n) is 1.90. The van der Waals surface area contributed by atoms with E-state index in [9.17, 15) is 4.79 Å². The molecule has 0 aromatic rings. The zero-order valence-electron chi connectivity index (χ0n) is 13.5. The highest BCUT2D eigenvalue weighted by atomic mass is 16.5. The molecule has 3 N–H and O–H groups in total. The highest BCUT2D eigenvalue weighted by Gasteiger charge is 2.28. The molecule has 0 aliphatic rings. The summed E-state index contributed by atoms with van der Waals surface area (Å²) in [7, 11) is 0. The van der Waals surface area contributed by atoms with Crippen LogP contribution < -0.4 is 11.1 Å². The number of hydrogen-bond donors (Lipinski definition) is 2. The Bertz CT molecular complexity index is 267. The van der Waals surface area contributed by atoms with E-state index < -0.39 is 0 Å². The van der Waals surface area contributed by atoms with Crippen LogP contribution in [0.5, 0.6) is 0 Å². The van der Waals surface area contributed by atoms with Crippen molar-refractivity contribution in [1.82, 2.24) is 5.32 Å². The maximum atomic E-state index is 11.9. The average Bonchev–Trinajstić information content (AvgIpc) is 2.27. The predicted octanol–water partition coefficient (Wildman–Crippen LogP) is 2.32. The van der Waals surface area contributed by atoms with Gasteiger partial charge in [0.1, 0.15) is 0 Å². The fourth-order valence-corrected chi connectivity index (χ4v) is 1.90. The van der Waals surface area contributed by atoms with E-state index in [0.29, 0.717) is 31.4 Å². The van der Waals surface area contributed by atoms with Gasteiger partial charge in [0.25, 0.3) is 0 Å². The van der Waals surface area contributed by atoms with Crippen molar-refractivity contribution in [3.63, 3.8) is 0 Å². The van der Waals surface area contributed by atoms with Crippen molar-refractivity contribution in [3.05, 3.63) is 0 Å². The van der Waals surface area contributed by atoms with Gasteiger partial charge in [-0.2, -0.15) is 0 Å². The number of nitrogens with one attached hydrogen (secondary N) is 1. The van der Waals surface area contributed by atoms with Crippen LogP contribution in [-0.2, 0) is 9.53 Å². The van der Waals surface area contributed by atoms with Gasteiger partial charge < -0.3 is 15.8 Å². The van der Waals surface area contributed by atoms with Gasteiger partial charge in [-0.1, -0.05) is 27.7 Å². The van der Waals surface area contributed by atoms with Crippen LogP contribution in [0, 0.1) is 11.8 Å². The lowest BCUT2D eigenvalue weighted by molar-refractivity contribution is -0.124. The Morgan fingerprint density at radius 2 is 1.84 bits per heavy atom. The van der Waals surface area contributed by atoms with Crippen molar-refractivity contribution in [3.8, 4) is 0 Å². The molecule has 114 valence electrons. The van der Waals surface area contributed by atoms with Gasteiger partial charge in [-0.25, -0.2) is 0 Å². The monoisotopic (exact) mass is 272 g/mol. The number of nitrogens with two attached hydrogens (primary N) is 1. The lowest BCUT2D eigenvalue weighted by Gasteiger charge is -2.33. The van der Waals surface area contributed by atoms with Crippen molar-refractivity contribution in [2.24, 2.45) is 17.6 Å². The third-order valence-corrected chi connectivity index (χ3v) is 3.66. The summed E-state index contributed by atoms with van der Waals surface area (Å²) in [5.74, 6) is 0.936. The maximum absolute atomic E-state index is 11.9. The molecule has 0 rings (SSSR count). The zero-order chi connectivity index (χ0) is 15.1. The highest BCUT2D eigenvalue weighted by molar-refractivity contribution is 5.76. The van der Waals surface area contributed by atoms with Gasteiger partial charge in [0, 0.05) is 13.0 Å². The van der Waals surface area contributed by atoms with Crippen LogP contribution in [0.2, 0.25) is 0 Å². The summed E-state index contributed by atoms with van der Waals surface area (Å²) in [4.78, 5) is 11.9. The summed E-state index contributed by atoms with van der Waals surface area (Å²) < 4.78 is 5.64. The molecular weight excluding hydrogens is 240 g/mol. The Labute approximate surface area is 118 Å². The summed E-state index contributed by atoms with van der Waals surface area (Å²) in [6.45, 7) is 13.4. The summed E-state index contributed by atoms with van der Waals surface area (Å²) in [6, 6.07) is 0. The molecule has 0 spiro atoms. The number of ether oxygens (including phenoxy) is 1. The molecule has 2 unspecified atom stereocenters. The summed E-state index contributed by atoms with van der Waals surface area (Å²) in [5.41, 5.74) is 5.41. The maximum Gasteiger partial charge on any atom is 0.222 e. The third-order valence-electron chi connectivity index (χ3n) is 3.66. The molecular formula is C15H32N2O2. The molecule has 0 aromatic heterocycles. The average molecular weight is 272 g/mol. The highest BCUT2D eigenvalue weighted by Crippen LogP contribution is 2.15. The Kier molecular flexibility index (Phi) is 8.26. The molecule has 2 atom stereocenters. The van der Waals surface area contributed by atoms with Crippen molar-refractivity contribution < 1.29 is 9.53 Å². The van der Waals surface area contributed by atoms with Crippen LogP contribution >= 0.6 is 0 Å². The molecule has 4 nitrogen and oxygen atoms in total. The first-order chi connectivity index (χ1) is 8.71. The molecule has 0 fully saturated rings. The molecule has 0 heterocycles. The second kappa shape index (κ2) is 8.54. The second-order valence-electron chi connectivity index (χ2n) is 6.39. The minimum Gasteiger partial charge on any atom is -0.378 e. The van der Waals surface area contributed by atoms with Crippen molar-refractivity contribution in [2.75, 3.05) is 13.2 Å². The van der Waals surface area contributed by atoms with E-state index in [4.69, 9.17) is 10.5 Å². The van der Waals surface area contributed by atoms with E-state index in [0.717, 1.165) is 6.42 Å². The van der Waals surface area contributed by atoms with E-state index in [1.165, 1.54) is 0 Å². The standard InChI is InChI=1S/C15H32N2O2/c1-11(2)9-13(5)19-8-7-14(18)17-15(6,10-16)12(3)4/h11-13H,7-10,16H2,1-6H3,(H,17,18). The molecule has 4 heteroatoms. The van der Waals surface area contributed by atoms with Gasteiger partial charge in [0.15, 0.2) is 0 Å². The zero-order valence-corrected chi connectivity index (χ0v) is 13.5. The van der Waals surface area contributed by atoms with Crippen LogP contribution in [0.1, 0.15) is 54.4 Å². The Morgan fingerprint density at radius 3 is 2.26 bits per heavy atom. The van der Waals surface area contributed by atoms with E-state index >= 15 is 0 Å². The van der Waals surface area contributed by atoms with Gasteiger partial charge in [-0.3, -0.25) is 4.79 Å². The predicted molar refractivity (Wildman–Crippen MR) is 79.9 cm³/mol. The molecule has 0 bridgehead atoms. The summed E-state index contributed by atoms with van der Waals surface area (Å²) in [5, 5.41) is 3.01. The Hall–Kier alpha value is -0.610. The van der Waals surface area contributed by atoms with Gasteiger partial charge in [0.05, 0.1) is 18.2 Å². The molecule has 19 heavy (non-hydrogen) atoms. The number of hydrogen-bond acceptors (Lipinski definition) is 3. The largest absolute Gasteiger partial charge is 0.378 e. The SMILES string of the molecule is CC(C)CC(C)OCCC(=O)NC(C)(CN)C(C)C.